The van der Waals surface area contributed by atoms with Gasteiger partial charge in [0.2, 0.25) is 0 Å². The van der Waals surface area contributed by atoms with Gasteiger partial charge in [0, 0.05) is 24.1 Å². The Hall–Kier alpha value is -2.06. The predicted octanol–water partition coefficient (Wildman–Crippen LogP) is 2.22. The summed E-state index contributed by atoms with van der Waals surface area (Å²) in [4.78, 5) is 25.1. The summed E-state index contributed by atoms with van der Waals surface area (Å²) in [5, 5.41) is 10.4. The number of benzene rings is 1. The Balaban J connectivity index is 2.03. The Kier molecular flexibility index (Phi) is 7.47. The van der Waals surface area contributed by atoms with Crippen LogP contribution in [0.5, 0.6) is 11.5 Å². The van der Waals surface area contributed by atoms with Gasteiger partial charge in [0.05, 0.1) is 19.1 Å². The van der Waals surface area contributed by atoms with Crippen molar-refractivity contribution in [3.63, 3.8) is 0 Å². The molecule has 0 bridgehead atoms. The molecule has 1 fully saturated rings. The molecule has 0 N–H and O–H groups in total. The summed E-state index contributed by atoms with van der Waals surface area (Å²) in [5.41, 5.74) is 0.766. The van der Waals surface area contributed by atoms with Gasteiger partial charge in [0.15, 0.2) is 0 Å². The molecule has 0 atom stereocenters. The highest BCUT2D eigenvalue weighted by Gasteiger charge is 2.31. The number of thioether (sulfide) groups is 1. The van der Waals surface area contributed by atoms with E-state index in [4.69, 9.17) is 21.7 Å². The average Bonchev–Trinajstić information content (AvgIpc) is 2.88. The van der Waals surface area contributed by atoms with E-state index >= 15 is 0 Å². The molecule has 1 amide bonds. The first-order valence-corrected chi connectivity index (χ1v) is 9.36. The number of thiocarbonyl (C=S) groups is 1. The number of carbonyl (C=O) groups is 2. The lowest BCUT2D eigenvalue weighted by Gasteiger charge is -2.14. The number of hydrogen-bond donors (Lipinski definition) is 0. The lowest BCUT2D eigenvalue weighted by molar-refractivity contribution is -0.305. The van der Waals surface area contributed by atoms with E-state index in [1.165, 1.54) is 11.8 Å². The van der Waals surface area contributed by atoms with Crippen LogP contribution in [0, 0.1) is 0 Å². The van der Waals surface area contributed by atoms with Crippen LogP contribution < -0.4 is 14.6 Å². The lowest BCUT2D eigenvalue weighted by Crippen LogP contribution is -2.29. The predicted molar refractivity (Wildman–Crippen MR) is 103 cm³/mol. The first kappa shape index (κ1) is 20.3. The Bertz CT molecular complexity index is 732. The first-order chi connectivity index (χ1) is 12.5. The van der Waals surface area contributed by atoms with Crippen molar-refractivity contribution in [1.29, 1.82) is 0 Å². The number of aliphatic carboxylic acids is 1. The van der Waals surface area contributed by atoms with Gasteiger partial charge >= 0.3 is 0 Å². The average molecular weight is 394 g/mol. The fraction of sp³-hybridized carbons (Fsp3) is 0.389. The number of hydrogen-bond acceptors (Lipinski definition) is 7. The maximum Gasteiger partial charge on any atom is 0.266 e. The van der Waals surface area contributed by atoms with E-state index in [2.05, 4.69) is 0 Å². The molecule has 6 nitrogen and oxygen atoms in total. The topological polar surface area (TPSA) is 78.9 Å². The zero-order valence-corrected chi connectivity index (χ0v) is 16.3. The molecule has 0 saturated carbocycles. The van der Waals surface area contributed by atoms with Crippen LogP contribution in [-0.2, 0) is 9.59 Å². The van der Waals surface area contributed by atoms with E-state index in [0.717, 1.165) is 5.56 Å². The minimum atomic E-state index is -1.05. The molecular weight excluding hydrogens is 374 g/mol. The van der Waals surface area contributed by atoms with Gasteiger partial charge in [0.1, 0.15) is 15.8 Å². The molecule has 1 saturated heterocycles. The molecule has 2 rings (SSSR count). The third kappa shape index (κ3) is 5.22. The van der Waals surface area contributed by atoms with E-state index in [0.29, 0.717) is 46.5 Å². The van der Waals surface area contributed by atoms with E-state index in [1.807, 2.05) is 6.07 Å². The van der Waals surface area contributed by atoms with Crippen LogP contribution in [0.3, 0.4) is 0 Å². The van der Waals surface area contributed by atoms with Gasteiger partial charge in [-0.2, -0.15) is 0 Å². The van der Waals surface area contributed by atoms with Crippen molar-refractivity contribution in [2.45, 2.75) is 25.7 Å². The second-order valence-electron chi connectivity index (χ2n) is 5.62. The highest BCUT2D eigenvalue weighted by molar-refractivity contribution is 8.26. The second-order valence-corrected chi connectivity index (χ2v) is 7.30. The van der Waals surface area contributed by atoms with E-state index in [9.17, 15) is 14.7 Å². The number of methoxy groups -OCH3 is 2. The highest BCUT2D eigenvalue weighted by atomic mass is 32.2. The third-order valence-electron chi connectivity index (χ3n) is 3.86. The van der Waals surface area contributed by atoms with Gasteiger partial charge in [-0.1, -0.05) is 30.4 Å². The fourth-order valence-corrected chi connectivity index (χ4v) is 3.79. The van der Waals surface area contributed by atoms with E-state index in [1.54, 1.807) is 37.3 Å². The Labute approximate surface area is 162 Å². The molecule has 8 heteroatoms. The van der Waals surface area contributed by atoms with Crippen molar-refractivity contribution in [3.8, 4) is 11.5 Å². The van der Waals surface area contributed by atoms with Crippen LogP contribution in [0.1, 0.15) is 31.2 Å². The zero-order chi connectivity index (χ0) is 19.1. The SMILES string of the molecule is COc1ccc(/C=C2\SC(=S)N(CCCCCC(=O)[O-])C2=O)c(OC)c1. The molecule has 0 aromatic heterocycles. The molecule has 140 valence electrons. The van der Waals surface area contributed by atoms with Crippen molar-refractivity contribution < 1.29 is 24.2 Å². The third-order valence-corrected chi connectivity index (χ3v) is 5.24. The number of unbranched alkanes of at least 4 members (excludes halogenated alkanes) is 2. The Morgan fingerprint density at radius 1 is 1.27 bits per heavy atom. The zero-order valence-electron chi connectivity index (χ0n) is 14.6. The fourth-order valence-electron chi connectivity index (χ4n) is 2.49. The molecule has 26 heavy (non-hydrogen) atoms. The standard InChI is InChI=1S/C18H21NO5S2/c1-23-13-8-7-12(14(11-13)24-2)10-15-17(22)19(18(25)26-15)9-5-3-4-6-16(20)21/h7-8,10-11H,3-6,9H2,1-2H3,(H,20,21)/p-1/b15-10-. The number of rotatable bonds is 9. The molecule has 0 aliphatic carbocycles. The normalized spacial score (nSPS) is 15.6. The van der Waals surface area contributed by atoms with Crippen molar-refractivity contribution in [1.82, 2.24) is 4.90 Å². The summed E-state index contributed by atoms with van der Waals surface area (Å²) < 4.78 is 11.0. The van der Waals surface area contributed by atoms with Crippen LogP contribution >= 0.6 is 24.0 Å². The summed E-state index contributed by atoms with van der Waals surface area (Å²) >= 11 is 6.56. The minimum absolute atomic E-state index is 0.0373. The monoisotopic (exact) mass is 394 g/mol. The lowest BCUT2D eigenvalue weighted by atomic mass is 10.1. The van der Waals surface area contributed by atoms with E-state index in [-0.39, 0.29) is 12.3 Å². The quantitative estimate of drug-likeness (QED) is 0.361. The van der Waals surface area contributed by atoms with Gasteiger partial charge in [-0.05, 0) is 37.5 Å². The Morgan fingerprint density at radius 3 is 2.69 bits per heavy atom. The smallest absolute Gasteiger partial charge is 0.266 e. The number of nitrogens with zero attached hydrogens (tertiary/aromatic N) is 1. The van der Waals surface area contributed by atoms with Crippen molar-refractivity contribution in [2.24, 2.45) is 0 Å². The minimum Gasteiger partial charge on any atom is -0.550 e. The van der Waals surface area contributed by atoms with E-state index < -0.39 is 5.97 Å². The van der Waals surface area contributed by atoms with Crippen LogP contribution in [0.25, 0.3) is 6.08 Å². The molecule has 1 aliphatic heterocycles. The number of carbonyl (C=O) groups excluding carboxylic acids is 2. The number of amides is 1. The molecule has 0 unspecified atom stereocenters. The number of carboxylic acids is 1. The van der Waals surface area contributed by atoms with Crippen molar-refractivity contribution >= 4 is 46.3 Å². The molecule has 1 heterocycles. The summed E-state index contributed by atoms with van der Waals surface area (Å²) in [5.74, 6) is 0.0877. The molecule has 0 radical (unpaired) electrons. The summed E-state index contributed by atoms with van der Waals surface area (Å²) in [6.45, 7) is 0.481. The van der Waals surface area contributed by atoms with Gasteiger partial charge in [-0.15, -0.1) is 0 Å². The van der Waals surface area contributed by atoms with Crippen LogP contribution in [0.15, 0.2) is 23.1 Å². The number of carboxylic acid groups (broad SMARTS) is 1. The van der Waals surface area contributed by atoms with Crippen LogP contribution in [0.4, 0.5) is 0 Å². The summed E-state index contributed by atoms with van der Waals surface area (Å²) in [6.07, 6.45) is 3.73. The van der Waals surface area contributed by atoms with Gasteiger partial charge in [-0.3, -0.25) is 9.69 Å². The first-order valence-electron chi connectivity index (χ1n) is 8.13. The second kappa shape index (κ2) is 9.59. The molecule has 0 spiro atoms. The van der Waals surface area contributed by atoms with Crippen molar-refractivity contribution in [3.05, 3.63) is 28.7 Å². The van der Waals surface area contributed by atoms with Gasteiger partial charge in [-0.25, -0.2) is 0 Å². The van der Waals surface area contributed by atoms with Crippen LogP contribution in [0.2, 0.25) is 0 Å². The largest absolute Gasteiger partial charge is 0.550 e. The van der Waals surface area contributed by atoms with Crippen molar-refractivity contribution in [2.75, 3.05) is 20.8 Å². The molecule has 1 aliphatic rings. The molecule has 1 aromatic rings. The maximum absolute atomic E-state index is 12.6. The van der Waals surface area contributed by atoms with Gasteiger partial charge < -0.3 is 19.4 Å². The van der Waals surface area contributed by atoms with Gasteiger partial charge in [0.25, 0.3) is 5.91 Å². The highest BCUT2D eigenvalue weighted by Crippen LogP contribution is 2.35. The Morgan fingerprint density at radius 2 is 2.04 bits per heavy atom. The molecule has 1 aromatic carbocycles. The number of ether oxygens (including phenoxy) is 2. The summed E-state index contributed by atoms with van der Waals surface area (Å²) in [7, 11) is 3.14. The van der Waals surface area contributed by atoms with Crippen LogP contribution in [-0.4, -0.2) is 41.9 Å². The maximum atomic E-state index is 12.6. The summed E-state index contributed by atoms with van der Waals surface area (Å²) in [6, 6.07) is 5.38. The molecular formula is C18H20NO5S2-.